The van der Waals surface area contributed by atoms with Gasteiger partial charge in [-0.15, -0.1) is 0 Å². The molecule has 1 fully saturated rings. The summed E-state index contributed by atoms with van der Waals surface area (Å²) in [5.41, 5.74) is 6.19. The number of ether oxygens (including phenoxy) is 2. The second kappa shape index (κ2) is 20.9. The van der Waals surface area contributed by atoms with Gasteiger partial charge < -0.3 is 40.7 Å². The zero-order valence-electron chi connectivity index (χ0n) is 31.9. The van der Waals surface area contributed by atoms with Gasteiger partial charge >= 0.3 is 0 Å². The van der Waals surface area contributed by atoms with Crippen molar-refractivity contribution >= 4 is 23.6 Å². The normalized spacial score (nSPS) is 17.9. The predicted octanol–water partition coefficient (Wildman–Crippen LogP) is 3.74. The van der Waals surface area contributed by atoms with E-state index in [0.29, 0.717) is 18.5 Å². The smallest absolute Gasteiger partial charge is 0.242 e. The van der Waals surface area contributed by atoms with Crippen molar-refractivity contribution in [2.45, 2.75) is 109 Å². The Labute approximate surface area is 304 Å². The number of nitrogens with zero attached hydrogens (tertiary/aromatic N) is 2. The minimum atomic E-state index is -1.15. The molecule has 12 heteroatoms. The molecule has 0 aliphatic carbocycles. The number of likely N-dealkylation sites (tertiary alicyclic amines) is 1. The number of nitrogens with one attached hydrogen (secondary N) is 2. The van der Waals surface area contributed by atoms with Crippen molar-refractivity contribution in [3.8, 4) is 0 Å². The van der Waals surface area contributed by atoms with E-state index in [-0.39, 0.29) is 36.7 Å². The number of carbonyl (C=O) groups is 4. The monoisotopic (exact) mass is 711 g/mol. The molecule has 5 N–H and O–H groups in total. The van der Waals surface area contributed by atoms with Gasteiger partial charge in [-0.1, -0.05) is 87.9 Å². The lowest BCUT2D eigenvalue weighted by atomic mass is 9.93. The highest BCUT2D eigenvalue weighted by Crippen LogP contribution is 2.31. The maximum atomic E-state index is 14.0. The van der Waals surface area contributed by atoms with E-state index < -0.39 is 47.8 Å². The quantitative estimate of drug-likeness (QED) is 0.205. The average Bonchev–Trinajstić information content (AvgIpc) is 3.60. The molecule has 2 aromatic rings. The number of hydrogen-bond acceptors (Lipinski definition) is 8. The van der Waals surface area contributed by atoms with Crippen molar-refractivity contribution in [1.29, 1.82) is 0 Å². The number of nitrogens with two attached hydrogens (primary N) is 1. The van der Waals surface area contributed by atoms with Gasteiger partial charge in [0.1, 0.15) is 0 Å². The number of aliphatic hydroxyl groups excluding tert-OH is 1. The number of amides is 4. The predicted molar refractivity (Wildman–Crippen MR) is 198 cm³/mol. The molecule has 1 saturated heterocycles. The number of methoxy groups -OCH3 is 2. The van der Waals surface area contributed by atoms with E-state index in [9.17, 15) is 24.3 Å². The summed E-state index contributed by atoms with van der Waals surface area (Å²) < 4.78 is 11.8. The zero-order valence-corrected chi connectivity index (χ0v) is 31.9. The molecule has 0 bridgehead atoms. The molecule has 1 aliphatic heterocycles. The first-order valence-corrected chi connectivity index (χ1v) is 17.9. The van der Waals surface area contributed by atoms with Crippen LogP contribution in [0.4, 0.5) is 0 Å². The second-order valence-electron chi connectivity index (χ2n) is 13.9. The molecule has 0 saturated carbocycles. The van der Waals surface area contributed by atoms with Crippen molar-refractivity contribution in [3.05, 3.63) is 71.8 Å². The number of likely N-dealkylation sites (N-methyl/N-ethyl adjacent to an activating group) is 1. The summed E-state index contributed by atoms with van der Waals surface area (Å²) in [7, 11) is 4.65. The molecule has 12 nitrogen and oxygen atoms in total. The third-order valence-electron chi connectivity index (χ3n) is 9.13. The molecule has 7 unspecified atom stereocenters. The van der Waals surface area contributed by atoms with Crippen LogP contribution < -0.4 is 16.4 Å². The molecule has 1 heterocycles. The van der Waals surface area contributed by atoms with Crippen LogP contribution in [0.1, 0.15) is 90.5 Å². The standard InChI is InChI=1S/C36H53N5O7.C3H8/c1-23(34(45)39-24(2)32(44)26-17-12-9-13-18-26)33(48-7)27-19-14-20-41(27)29(42)21-28(47-6)31(25-15-10-8-11-16-25)40(5)30(43)22-38-35(46)36(3,4)37;1-3-2/h8-13,15-18,23-24,27-28,31-33,44H,14,19-22,37H2,1-7H3,(H,38,46)(H,39,45);3H2,1-2H3. The van der Waals surface area contributed by atoms with Crippen LogP contribution in [0, 0.1) is 5.92 Å². The lowest BCUT2D eigenvalue weighted by Crippen LogP contribution is -2.53. The molecule has 0 aromatic heterocycles. The Hall–Kier alpha value is -3.84. The van der Waals surface area contributed by atoms with Crippen LogP contribution in [0.2, 0.25) is 0 Å². The fourth-order valence-corrected chi connectivity index (χ4v) is 6.28. The first-order chi connectivity index (χ1) is 24.1. The van der Waals surface area contributed by atoms with E-state index >= 15 is 0 Å². The van der Waals surface area contributed by atoms with Gasteiger partial charge in [0.2, 0.25) is 23.6 Å². The summed E-state index contributed by atoms with van der Waals surface area (Å²) in [5, 5.41) is 16.3. The first-order valence-electron chi connectivity index (χ1n) is 17.9. The van der Waals surface area contributed by atoms with Crippen LogP contribution in [0.25, 0.3) is 0 Å². The van der Waals surface area contributed by atoms with Gasteiger partial charge in [-0.3, -0.25) is 19.2 Å². The Morgan fingerprint density at radius 2 is 1.53 bits per heavy atom. The Morgan fingerprint density at radius 1 is 0.980 bits per heavy atom. The maximum Gasteiger partial charge on any atom is 0.242 e. The Balaban J connectivity index is 0.00000290. The van der Waals surface area contributed by atoms with E-state index in [1.165, 1.54) is 25.5 Å². The Morgan fingerprint density at radius 3 is 2.04 bits per heavy atom. The largest absolute Gasteiger partial charge is 0.386 e. The fourth-order valence-electron chi connectivity index (χ4n) is 6.28. The molecular formula is C39H61N5O7. The molecule has 2 aromatic carbocycles. The summed E-state index contributed by atoms with van der Waals surface area (Å²) >= 11 is 0. The molecule has 4 amide bonds. The minimum absolute atomic E-state index is 0.0380. The third kappa shape index (κ3) is 12.4. The number of aliphatic hydroxyl groups is 1. The van der Waals surface area contributed by atoms with Crippen LogP contribution >= 0.6 is 0 Å². The Kier molecular flexibility index (Phi) is 17.7. The van der Waals surface area contributed by atoms with E-state index in [0.717, 1.165) is 12.0 Å². The van der Waals surface area contributed by atoms with Gasteiger partial charge in [0.15, 0.2) is 0 Å². The van der Waals surface area contributed by atoms with Crippen molar-refractivity contribution in [2.75, 3.05) is 34.4 Å². The Bertz CT molecular complexity index is 1370. The van der Waals surface area contributed by atoms with Crippen LogP contribution in [-0.2, 0) is 28.7 Å². The summed E-state index contributed by atoms with van der Waals surface area (Å²) in [4.78, 5) is 56.3. The van der Waals surface area contributed by atoms with Crippen molar-refractivity contribution in [1.82, 2.24) is 20.4 Å². The minimum Gasteiger partial charge on any atom is -0.386 e. The number of benzene rings is 2. The number of hydrogen-bond donors (Lipinski definition) is 4. The molecule has 1 aliphatic rings. The van der Waals surface area contributed by atoms with Gasteiger partial charge in [0.05, 0.1) is 60.9 Å². The zero-order chi connectivity index (χ0) is 38.3. The summed E-state index contributed by atoms with van der Waals surface area (Å²) in [6.07, 6.45) is 0.402. The fraction of sp³-hybridized carbons (Fsp3) is 0.590. The van der Waals surface area contributed by atoms with Crippen LogP contribution in [-0.4, -0.2) is 103 Å². The van der Waals surface area contributed by atoms with Gasteiger partial charge in [-0.25, -0.2) is 0 Å². The average molecular weight is 712 g/mol. The van der Waals surface area contributed by atoms with Crippen LogP contribution in [0.3, 0.4) is 0 Å². The molecule has 51 heavy (non-hydrogen) atoms. The van der Waals surface area contributed by atoms with Crippen LogP contribution in [0.15, 0.2) is 60.7 Å². The van der Waals surface area contributed by atoms with Gasteiger partial charge in [0.25, 0.3) is 0 Å². The first kappa shape index (κ1) is 43.3. The molecule has 3 rings (SSSR count). The van der Waals surface area contributed by atoms with Crippen molar-refractivity contribution < 1.29 is 33.8 Å². The highest BCUT2D eigenvalue weighted by Gasteiger charge is 2.42. The van der Waals surface area contributed by atoms with Gasteiger partial charge in [-0.05, 0) is 44.7 Å². The van der Waals surface area contributed by atoms with E-state index in [1.807, 2.05) is 48.5 Å². The van der Waals surface area contributed by atoms with Crippen molar-refractivity contribution in [3.63, 3.8) is 0 Å². The van der Waals surface area contributed by atoms with Crippen molar-refractivity contribution in [2.24, 2.45) is 11.7 Å². The van der Waals surface area contributed by atoms with E-state index in [1.54, 1.807) is 51.8 Å². The lowest BCUT2D eigenvalue weighted by molar-refractivity contribution is -0.145. The van der Waals surface area contributed by atoms with E-state index in [4.69, 9.17) is 15.2 Å². The highest BCUT2D eigenvalue weighted by atomic mass is 16.5. The molecule has 7 atom stereocenters. The second-order valence-corrected chi connectivity index (χ2v) is 13.9. The molecular weight excluding hydrogens is 650 g/mol. The maximum absolute atomic E-state index is 14.0. The van der Waals surface area contributed by atoms with Gasteiger partial charge in [0, 0.05) is 27.8 Å². The highest BCUT2D eigenvalue weighted by molar-refractivity contribution is 5.89. The molecule has 284 valence electrons. The lowest BCUT2D eigenvalue weighted by Gasteiger charge is -2.37. The van der Waals surface area contributed by atoms with E-state index in [2.05, 4.69) is 24.5 Å². The number of carbonyl (C=O) groups excluding carboxylic acids is 4. The topological polar surface area (TPSA) is 164 Å². The molecule has 0 spiro atoms. The summed E-state index contributed by atoms with van der Waals surface area (Å²) in [6.45, 7) is 11.1. The van der Waals surface area contributed by atoms with Crippen LogP contribution in [0.5, 0.6) is 0 Å². The van der Waals surface area contributed by atoms with Gasteiger partial charge in [-0.2, -0.15) is 0 Å². The SMILES string of the molecule is CCC.COC(CC(=O)N1CCCC1C(OC)C(C)C(=O)NC(C)C(O)c1ccccc1)C(c1ccccc1)N(C)C(=O)CNC(=O)C(C)(C)N. The third-order valence-corrected chi connectivity index (χ3v) is 9.13. The molecule has 0 radical (unpaired) electrons. The summed E-state index contributed by atoms with van der Waals surface area (Å²) in [5.74, 6) is -1.93. The number of rotatable bonds is 16. The summed E-state index contributed by atoms with van der Waals surface area (Å²) in [6, 6.07) is 16.9.